The second kappa shape index (κ2) is 1.55. The van der Waals surface area contributed by atoms with Gasteiger partial charge in [-0.2, -0.15) is 0 Å². The predicted molar refractivity (Wildman–Crippen MR) is 29.9 cm³/mol. The minimum Gasteiger partial charge on any atom is -0.295 e. The lowest BCUT2D eigenvalue weighted by atomic mass is 10.1. The zero-order valence-corrected chi connectivity index (χ0v) is 4.73. The molecule has 7 heavy (non-hydrogen) atoms. The van der Waals surface area contributed by atoms with Crippen molar-refractivity contribution < 1.29 is 0 Å². The lowest BCUT2D eigenvalue weighted by molar-refractivity contribution is 0.346. The molecule has 0 aliphatic heterocycles. The van der Waals surface area contributed by atoms with E-state index in [1.54, 1.807) is 0 Å². The number of hydrogen-bond acceptors (Lipinski definition) is 1. The van der Waals surface area contributed by atoms with Gasteiger partial charge in [-0.15, -0.1) is 0 Å². The van der Waals surface area contributed by atoms with Gasteiger partial charge in [-0.1, -0.05) is 11.8 Å². The highest BCUT2D eigenvalue weighted by Gasteiger charge is 2.09. The van der Waals surface area contributed by atoms with Crippen LogP contribution in [0.4, 0.5) is 0 Å². The van der Waals surface area contributed by atoms with Gasteiger partial charge in [0.2, 0.25) is 0 Å². The molecule has 1 atom stereocenters. The normalized spacial score (nSPS) is 25.9. The summed E-state index contributed by atoms with van der Waals surface area (Å²) in [7, 11) is 4.11. The fourth-order valence-corrected chi connectivity index (χ4v) is 0.505. The molecule has 0 heterocycles. The Morgan fingerprint density at radius 3 is 2.14 bits per heavy atom. The Balaban J connectivity index is 2.35. The topological polar surface area (TPSA) is 3.24 Å². The van der Waals surface area contributed by atoms with Crippen LogP contribution in [0.2, 0.25) is 0 Å². The molecule has 1 aliphatic carbocycles. The predicted octanol–water partition coefficient (Wildman–Crippen LogP) is 0.324. The zero-order chi connectivity index (χ0) is 5.28. The molecule has 0 radical (unpaired) electrons. The van der Waals surface area contributed by atoms with E-state index in [9.17, 15) is 0 Å². The average Bonchev–Trinajstić information content (AvgIpc) is 1.23. The quantitative estimate of drug-likeness (QED) is 0.424. The molecule has 0 amide bonds. The van der Waals surface area contributed by atoms with Gasteiger partial charge in [-0.05, 0) is 14.1 Å². The second-order valence-electron chi connectivity index (χ2n) is 2.00. The third-order valence-electron chi connectivity index (χ3n) is 1.19. The van der Waals surface area contributed by atoms with Gasteiger partial charge in [0.05, 0.1) is 6.04 Å². The summed E-state index contributed by atoms with van der Waals surface area (Å²) in [4.78, 5) is 2.14. The summed E-state index contributed by atoms with van der Waals surface area (Å²) in [6.07, 6.45) is 1.06. The third kappa shape index (κ3) is 0.755. The van der Waals surface area contributed by atoms with Crippen LogP contribution in [-0.4, -0.2) is 25.0 Å². The standard InChI is InChI=1S/C6H9N/c1-7(2)6-4-3-5-6/h6H,4H2,1-2H3. The van der Waals surface area contributed by atoms with Crippen molar-refractivity contribution in [3.8, 4) is 11.8 Å². The third-order valence-corrected chi connectivity index (χ3v) is 1.19. The fraction of sp³-hybridized carbons (Fsp3) is 0.667. The van der Waals surface area contributed by atoms with E-state index >= 15 is 0 Å². The van der Waals surface area contributed by atoms with Crippen LogP contribution in [-0.2, 0) is 0 Å². The van der Waals surface area contributed by atoms with Crippen LogP contribution in [0, 0.1) is 11.8 Å². The van der Waals surface area contributed by atoms with E-state index in [2.05, 4.69) is 30.8 Å². The summed E-state index contributed by atoms with van der Waals surface area (Å²) in [5.41, 5.74) is 0. The molecule has 0 bridgehead atoms. The highest BCUT2D eigenvalue weighted by atomic mass is 15.1. The van der Waals surface area contributed by atoms with Gasteiger partial charge >= 0.3 is 0 Å². The molecule has 0 N–H and O–H groups in total. The van der Waals surface area contributed by atoms with E-state index in [0.717, 1.165) is 6.42 Å². The van der Waals surface area contributed by atoms with E-state index < -0.39 is 0 Å². The molecule has 1 nitrogen and oxygen atoms in total. The van der Waals surface area contributed by atoms with Gasteiger partial charge in [-0.3, -0.25) is 4.90 Å². The number of nitrogens with zero attached hydrogens (tertiary/aromatic N) is 1. The van der Waals surface area contributed by atoms with Gasteiger partial charge in [-0.25, -0.2) is 0 Å². The number of hydrogen-bond donors (Lipinski definition) is 0. The monoisotopic (exact) mass is 95.1 g/mol. The average molecular weight is 95.1 g/mol. The van der Waals surface area contributed by atoms with Crippen LogP contribution in [0.3, 0.4) is 0 Å². The van der Waals surface area contributed by atoms with Crippen molar-refractivity contribution in [2.75, 3.05) is 14.1 Å². The van der Waals surface area contributed by atoms with Crippen LogP contribution in [0.5, 0.6) is 0 Å². The molecule has 0 aromatic heterocycles. The second-order valence-corrected chi connectivity index (χ2v) is 2.00. The summed E-state index contributed by atoms with van der Waals surface area (Å²) in [6, 6.07) is 0.556. The van der Waals surface area contributed by atoms with Crippen molar-refractivity contribution in [2.24, 2.45) is 0 Å². The lowest BCUT2D eigenvalue weighted by Crippen LogP contribution is -2.29. The summed E-state index contributed by atoms with van der Waals surface area (Å²) >= 11 is 0. The minimum atomic E-state index is 0.556. The molecule has 0 aromatic carbocycles. The molecule has 38 valence electrons. The Labute approximate surface area is 44.3 Å². The van der Waals surface area contributed by atoms with E-state index in [0.29, 0.717) is 6.04 Å². The van der Waals surface area contributed by atoms with E-state index in [-0.39, 0.29) is 0 Å². The molecule has 0 aromatic rings. The molecule has 1 heteroatoms. The van der Waals surface area contributed by atoms with Crippen LogP contribution >= 0.6 is 0 Å². The summed E-state index contributed by atoms with van der Waals surface area (Å²) in [5, 5.41) is 0. The first-order valence-electron chi connectivity index (χ1n) is 2.45. The van der Waals surface area contributed by atoms with Gasteiger partial charge in [0.1, 0.15) is 0 Å². The van der Waals surface area contributed by atoms with E-state index in [4.69, 9.17) is 0 Å². The largest absolute Gasteiger partial charge is 0.295 e. The maximum Gasteiger partial charge on any atom is 0.0820 e. The Bertz CT molecular complexity index is 116. The first-order chi connectivity index (χ1) is 3.30. The first kappa shape index (κ1) is 4.67. The van der Waals surface area contributed by atoms with Gasteiger partial charge in [0.25, 0.3) is 0 Å². The maximum absolute atomic E-state index is 3.02. The minimum absolute atomic E-state index is 0.556. The van der Waals surface area contributed by atoms with Crippen molar-refractivity contribution in [1.82, 2.24) is 4.90 Å². The summed E-state index contributed by atoms with van der Waals surface area (Å²) < 4.78 is 0. The fourth-order valence-electron chi connectivity index (χ4n) is 0.505. The Morgan fingerprint density at radius 1 is 1.57 bits per heavy atom. The van der Waals surface area contributed by atoms with Gasteiger partial charge in [0.15, 0.2) is 0 Å². The van der Waals surface area contributed by atoms with Crippen molar-refractivity contribution in [3.05, 3.63) is 0 Å². The van der Waals surface area contributed by atoms with E-state index in [1.165, 1.54) is 0 Å². The maximum atomic E-state index is 3.02. The summed E-state index contributed by atoms with van der Waals surface area (Å²) in [5.74, 6) is 5.97. The molecule has 1 rings (SSSR count). The van der Waals surface area contributed by atoms with Gasteiger partial charge in [0, 0.05) is 6.42 Å². The van der Waals surface area contributed by atoms with Crippen LogP contribution in [0.25, 0.3) is 0 Å². The van der Waals surface area contributed by atoms with Crippen molar-refractivity contribution in [3.63, 3.8) is 0 Å². The SMILES string of the molecule is CN(C)C1C#CC1. The molecule has 1 aliphatic rings. The van der Waals surface area contributed by atoms with Crippen LogP contribution in [0.1, 0.15) is 6.42 Å². The first-order valence-corrected chi connectivity index (χ1v) is 2.45. The molecule has 0 fully saturated rings. The molecule has 1 unspecified atom stereocenters. The highest BCUT2D eigenvalue weighted by molar-refractivity contribution is 5.20. The van der Waals surface area contributed by atoms with Crippen LogP contribution < -0.4 is 0 Å². The summed E-state index contributed by atoms with van der Waals surface area (Å²) in [6.45, 7) is 0. The van der Waals surface area contributed by atoms with Crippen molar-refractivity contribution in [2.45, 2.75) is 12.5 Å². The highest BCUT2D eigenvalue weighted by Crippen LogP contribution is 2.02. The van der Waals surface area contributed by atoms with E-state index in [1.807, 2.05) is 0 Å². The molecule has 0 saturated carbocycles. The Kier molecular flexibility index (Phi) is 1.04. The Morgan fingerprint density at radius 2 is 2.14 bits per heavy atom. The van der Waals surface area contributed by atoms with Crippen molar-refractivity contribution in [1.29, 1.82) is 0 Å². The van der Waals surface area contributed by atoms with Crippen LogP contribution in [0.15, 0.2) is 0 Å². The molecule has 0 saturated heterocycles. The smallest absolute Gasteiger partial charge is 0.0820 e. The van der Waals surface area contributed by atoms with Crippen molar-refractivity contribution >= 4 is 0 Å². The molecular formula is C6H9N. The van der Waals surface area contributed by atoms with Gasteiger partial charge < -0.3 is 0 Å². The zero-order valence-electron chi connectivity index (χ0n) is 4.73. The Hall–Kier alpha value is -0.480. The molecular weight excluding hydrogens is 86.1 g/mol. The number of rotatable bonds is 1. The molecule has 0 spiro atoms. The lowest BCUT2D eigenvalue weighted by Gasteiger charge is -2.20.